The Morgan fingerprint density at radius 2 is 2.00 bits per heavy atom. The monoisotopic (exact) mass is 257 g/mol. The van der Waals surface area contributed by atoms with Crippen LogP contribution in [-0.2, 0) is 14.3 Å². The van der Waals surface area contributed by atoms with Crippen LogP contribution in [0.15, 0.2) is 0 Å². The molecule has 1 fully saturated rings. The number of carboxylic acids is 1. The number of amides is 1. The summed E-state index contributed by atoms with van der Waals surface area (Å²) >= 11 is 0. The SMILES string of the molecule is CCCC1CN(C(=O)C(C)(C)OC)CC1C(=O)O. The van der Waals surface area contributed by atoms with E-state index in [1.807, 2.05) is 6.92 Å². The van der Waals surface area contributed by atoms with Crippen molar-refractivity contribution in [2.45, 2.75) is 39.2 Å². The zero-order chi connectivity index (χ0) is 13.9. The van der Waals surface area contributed by atoms with Crippen LogP contribution in [0, 0.1) is 11.8 Å². The van der Waals surface area contributed by atoms with Gasteiger partial charge in [-0.25, -0.2) is 0 Å². The van der Waals surface area contributed by atoms with E-state index in [1.165, 1.54) is 7.11 Å². The van der Waals surface area contributed by atoms with Gasteiger partial charge in [-0.05, 0) is 26.2 Å². The lowest BCUT2D eigenvalue weighted by Gasteiger charge is -2.28. The summed E-state index contributed by atoms with van der Waals surface area (Å²) in [5, 5.41) is 9.20. The van der Waals surface area contributed by atoms with Gasteiger partial charge in [-0.15, -0.1) is 0 Å². The van der Waals surface area contributed by atoms with Crippen LogP contribution in [0.1, 0.15) is 33.6 Å². The summed E-state index contributed by atoms with van der Waals surface area (Å²) in [5.74, 6) is -1.32. The van der Waals surface area contributed by atoms with Crippen LogP contribution in [0.4, 0.5) is 0 Å². The largest absolute Gasteiger partial charge is 0.481 e. The molecule has 0 radical (unpaired) electrons. The summed E-state index contributed by atoms with van der Waals surface area (Å²) in [6, 6.07) is 0. The van der Waals surface area contributed by atoms with E-state index in [1.54, 1.807) is 18.7 Å². The number of aliphatic carboxylic acids is 1. The summed E-state index contributed by atoms with van der Waals surface area (Å²) < 4.78 is 5.16. The number of ether oxygens (including phenoxy) is 1. The molecule has 1 rings (SSSR count). The molecular weight excluding hydrogens is 234 g/mol. The maximum Gasteiger partial charge on any atom is 0.308 e. The minimum atomic E-state index is -0.885. The average Bonchev–Trinajstić information content (AvgIpc) is 2.72. The van der Waals surface area contributed by atoms with Crippen molar-refractivity contribution in [3.8, 4) is 0 Å². The molecule has 1 saturated heterocycles. The van der Waals surface area contributed by atoms with Crippen molar-refractivity contribution in [2.24, 2.45) is 11.8 Å². The Labute approximate surface area is 108 Å². The topological polar surface area (TPSA) is 66.8 Å². The van der Waals surface area contributed by atoms with Crippen molar-refractivity contribution in [1.29, 1.82) is 0 Å². The Hall–Kier alpha value is -1.10. The summed E-state index contributed by atoms with van der Waals surface area (Å²) in [4.78, 5) is 25.1. The molecule has 0 aliphatic carbocycles. The molecule has 104 valence electrons. The molecule has 5 heteroatoms. The van der Waals surface area contributed by atoms with Crippen LogP contribution >= 0.6 is 0 Å². The fraction of sp³-hybridized carbons (Fsp3) is 0.846. The van der Waals surface area contributed by atoms with E-state index in [0.717, 1.165) is 12.8 Å². The quantitative estimate of drug-likeness (QED) is 0.807. The van der Waals surface area contributed by atoms with Crippen molar-refractivity contribution in [1.82, 2.24) is 4.90 Å². The summed E-state index contributed by atoms with van der Waals surface area (Å²) in [7, 11) is 1.49. The number of carbonyl (C=O) groups excluding carboxylic acids is 1. The average molecular weight is 257 g/mol. The van der Waals surface area contributed by atoms with Crippen molar-refractivity contribution >= 4 is 11.9 Å². The molecule has 0 aromatic carbocycles. The number of hydrogen-bond acceptors (Lipinski definition) is 3. The van der Waals surface area contributed by atoms with Crippen molar-refractivity contribution in [2.75, 3.05) is 20.2 Å². The third-order valence-corrected chi connectivity index (χ3v) is 3.73. The molecule has 0 aromatic rings. The molecule has 2 unspecified atom stereocenters. The fourth-order valence-corrected chi connectivity index (χ4v) is 2.45. The Kier molecular flexibility index (Phi) is 4.73. The lowest BCUT2D eigenvalue weighted by atomic mass is 9.92. The van der Waals surface area contributed by atoms with Gasteiger partial charge in [0, 0.05) is 20.2 Å². The van der Waals surface area contributed by atoms with E-state index in [2.05, 4.69) is 0 Å². The van der Waals surface area contributed by atoms with Crippen LogP contribution in [0.25, 0.3) is 0 Å². The summed E-state index contributed by atoms with van der Waals surface area (Å²) in [6.07, 6.45) is 1.78. The third-order valence-electron chi connectivity index (χ3n) is 3.73. The van der Waals surface area contributed by atoms with Crippen molar-refractivity contribution in [3.63, 3.8) is 0 Å². The maximum atomic E-state index is 12.2. The van der Waals surface area contributed by atoms with Gasteiger partial charge in [0.2, 0.25) is 0 Å². The molecule has 5 nitrogen and oxygen atoms in total. The molecule has 2 atom stereocenters. The van der Waals surface area contributed by atoms with E-state index >= 15 is 0 Å². The van der Waals surface area contributed by atoms with E-state index in [4.69, 9.17) is 4.74 Å². The summed E-state index contributed by atoms with van der Waals surface area (Å²) in [6.45, 7) is 6.26. The van der Waals surface area contributed by atoms with Gasteiger partial charge in [-0.3, -0.25) is 9.59 Å². The second-order valence-electron chi connectivity index (χ2n) is 5.42. The van der Waals surface area contributed by atoms with Gasteiger partial charge in [0.1, 0.15) is 5.60 Å². The van der Waals surface area contributed by atoms with Crippen LogP contribution in [0.2, 0.25) is 0 Å². The minimum Gasteiger partial charge on any atom is -0.481 e. The number of rotatable bonds is 5. The van der Waals surface area contributed by atoms with E-state index in [-0.39, 0.29) is 11.8 Å². The molecule has 1 aliphatic heterocycles. The van der Waals surface area contributed by atoms with Crippen LogP contribution in [0.5, 0.6) is 0 Å². The number of nitrogens with zero attached hydrogens (tertiary/aromatic N) is 1. The summed E-state index contributed by atoms with van der Waals surface area (Å²) in [5.41, 5.74) is -0.885. The van der Waals surface area contributed by atoms with Crippen molar-refractivity contribution < 1.29 is 19.4 Å². The first kappa shape index (κ1) is 15.0. The Balaban J connectivity index is 2.77. The standard InChI is InChI=1S/C13H23NO4/c1-5-6-9-7-14(8-10(9)11(15)16)12(17)13(2,3)18-4/h9-10H,5-8H2,1-4H3,(H,15,16). The Morgan fingerprint density at radius 1 is 1.39 bits per heavy atom. The molecule has 0 spiro atoms. The molecule has 1 N–H and O–H groups in total. The zero-order valence-electron chi connectivity index (χ0n) is 11.6. The third kappa shape index (κ3) is 3.02. The van der Waals surface area contributed by atoms with E-state index in [0.29, 0.717) is 13.1 Å². The smallest absolute Gasteiger partial charge is 0.308 e. The Bertz CT molecular complexity index is 327. The van der Waals surface area contributed by atoms with Crippen LogP contribution in [0.3, 0.4) is 0 Å². The van der Waals surface area contributed by atoms with Gasteiger partial charge >= 0.3 is 5.97 Å². The molecule has 0 aromatic heterocycles. The second kappa shape index (κ2) is 5.69. The predicted octanol–water partition coefficient (Wildman–Crippen LogP) is 1.37. The number of methoxy groups -OCH3 is 1. The van der Waals surface area contributed by atoms with Crippen LogP contribution < -0.4 is 0 Å². The molecule has 1 amide bonds. The maximum absolute atomic E-state index is 12.2. The molecule has 1 aliphatic rings. The number of carbonyl (C=O) groups is 2. The first-order valence-corrected chi connectivity index (χ1v) is 6.40. The van der Waals surface area contributed by atoms with Gasteiger partial charge in [0.05, 0.1) is 5.92 Å². The minimum absolute atomic E-state index is 0.0594. The molecule has 18 heavy (non-hydrogen) atoms. The predicted molar refractivity (Wildman–Crippen MR) is 67.2 cm³/mol. The number of likely N-dealkylation sites (tertiary alicyclic amines) is 1. The molecule has 0 bridgehead atoms. The second-order valence-corrected chi connectivity index (χ2v) is 5.42. The van der Waals surface area contributed by atoms with Crippen molar-refractivity contribution in [3.05, 3.63) is 0 Å². The van der Waals surface area contributed by atoms with E-state index in [9.17, 15) is 14.7 Å². The normalized spacial score (nSPS) is 24.3. The molecule has 0 saturated carbocycles. The fourth-order valence-electron chi connectivity index (χ4n) is 2.45. The highest BCUT2D eigenvalue weighted by Crippen LogP contribution is 2.29. The van der Waals surface area contributed by atoms with Gasteiger partial charge in [0.15, 0.2) is 0 Å². The van der Waals surface area contributed by atoms with Gasteiger partial charge in [0.25, 0.3) is 5.91 Å². The van der Waals surface area contributed by atoms with Gasteiger partial charge < -0.3 is 14.7 Å². The van der Waals surface area contributed by atoms with Gasteiger partial charge in [-0.1, -0.05) is 13.3 Å². The highest BCUT2D eigenvalue weighted by Gasteiger charge is 2.42. The molecular formula is C13H23NO4. The zero-order valence-corrected chi connectivity index (χ0v) is 11.6. The highest BCUT2D eigenvalue weighted by atomic mass is 16.5. The van der Waals surface area contributed by atoms with E-state index < -0.39 is 17.5 Å². The Morgan fingerprint density at radius 3 is 2.44 bits per heavy atom. The first-order chi connectivity index (χ1) is 8.33. The number of carboxylic acid groups (broad SMARTS) is 1. The van der Waals surface area contributed by atoms with Gasteiger partial charge in [-0.2, -0.15) is 0 Å². The lowest BCUT2D eigenvalue weighted by Crippen LogP contribution is -2.45. The molecule has 1 heterocycles. The first-order valence-electron chi connectivity index (χ1n) is 6.40. The highest BCUT2D eigenvalue weighted by molar-refractivity contribution is 5.85. The van der Waals surface area contributed by atoms with Crippen LogP contribution in [-0.4, -0.2) is 47.7 Å². The lowest BCUT2D eigenvalue weighted by molar-refractivity contribution is -0.150. The number of hydrogen-bond donors (Lipinski definition) is 1.